The number of nitrogens with two attached hydrogens (primary N) is 1. The molecule has 4 unspecified atom stereocenters. The number of carbonyl (C=O) groups is 4. The molecule has 0 saturated heterocycles. The SMILES string of the molecule is CC.COC1=C2C[C@@H](C)CC(OC)C(O)[C@@H](C)/C=C(\C)C(OC(N)=O)C(OC)/C=C\C=C(/C)C(=O)NC(=CC1=O)C2=O. The summed E-state index contributed by atoms with van der Waals surface area (Å²) in [6.45, 7) is 10.9. The maximum atomic E-state index is 13.3. The van der Waals surface area contributed by atoms with Gasteiger partial charge < -0.3 is 35.1 Å². The molecule has 0 spiro atoms. The highest BCUT2D eigenvalue weighted by molar-refractivity contribution is 6.23. The molecule has 2 aliphatic rings. The highest BCUT2D eigenvalue weighted by Gasteiger charge is 2.34. The topological polar surface area (TPSA) is 163 Å². The summed E-state index contributed by atoms with van der Waals surface area (Å²) in [6.07, 6.45) is 3.61. The number of hydrogen-bond donors (Lipinski definition) is 3. The van der Waals surface area contributed by atoms with E-state index < -0.39 is 53.9 Å². The van der Waals surface area contributed by atoms with Crippen molar-refractivity contribution in [2.24, 2.45) is 17.6 Å². The number of aliphatic hydroxyl groups is 1. The minimum atomic E-state index is -1.00. The molecule has 234 valence electrons. The number of allylic oxidation sites excluding steroid dienone is 4. The van der Waals surface area contributed by atoms with E-state index >= 15 is 0 Å². The highest BCUT2D eigenvalue weighted by Crippen LogP contribution is 2.29. The summed E-state index contributed by atoms with van der Waals surface area (Å²) >= 11 is 0. The second kappa shape index (κ2) is 17.4. The molecule has 11 nitrogen and oxygen atoms in total. The number of methoxy groups -OCH3 is 3. The van der Waals surface area contributed by atoms with Gasteiger partial charge in [0.25, 0.3) is 5.91 Å². The molecule has 0 aromatic rings. The molecule has 0 saturated carbocycles. The van der Waals surface area contributed by atoms with Gasteiger partial charge in [0.2, 0.25) is 11.6 Å². The molecule has 1 heterocycles. The molecule has 0 aromatic heterocycles. The number of rotatable bonds is 4. The molecule has 6 atom stereocenters. The predicted octanol–water partition coefficient (Wildman–Crippen LogP) is 3.43. The van der Waals surface area contributed by atoms with Crippen LogP contribution in [0.5, 0.6) is 0 Å². The molecular formula is C31H46N2O9. The Hall–Kier alpha value is -3.54. The second-order valence-corrected chi connectivity index (χ2v) is 10.1. The summed E-state index contributed by atoms with van der Waals surface area (Å²) in [5, 5.41) is 13.7. The Balaban J connectivity index is 0.00000431. The highest BCUT2D eigenvalue weighted by atomic mass is 16.6. The van der Waals surface area contributed by atoms with E-state index in [1.54, 1.807) is 32.1 Å². The largest absolute Gasteiger partial charge is 0.492 e. The zero-order valence-electron chi connectivity index (χ0n) is 26.1. The van der Waals surface area contributed by atoms with Crippen molar-refractivity contribution < 1.29 is 43.2 Å². The van der Waals surface area contributed by atoms with E-state index in [1.165, 1.54) is 34.3 Å². The van der Waals surface area contributed by atoms with Crippen LogP contribution < -0.4 is 11.1 Å². The Morgan fingerprint density at radius 1 is 1.07 bits per heavy atom. The van der Waals surface area contributed by atoms with E-state index in [4.69, 9.17) is 24.7 Å². The Morgan fingerprint density at radius 3 is 2.26 bits per heavy atom. The van der Waals surface area contributed by atoms with Gasteiger partial charge in [-0.1, -0.05) is 52.0 Å². The molecule has 1 aliphatic carbocycles. The molecule has 2 rings (SSSR count). The lowest BCUT2D eigenvalue weighted by atomic mass is 9.85. The first-order valence-corrected chi connectivity index (χ1v) is 14.0. The number of hydrogen-bond acceptors (Lipinski definition) is 9. The van der Waals surface area contributed by atoms with E-state index in [0.29, 0.717) is 12.0 Å². The number of primary amides is 1. The van der Waals surface area contributed by atoms with Crippen LogP contribution in [0.4, 0.5) is 4.79 Å². The normalized spacial score (nSPS) is 31.3. The van der Waals surface area contributed by atoms with Gasteiger partial charge in [0.1, 0.15) is 6.10 Å². The van der Waals surface area contributed by atoms with Crippen LogP contribution in [0, 0.1) is 11.8 Å². The molecule has 0 fully saturated rings. The van der Waals surface area contributed by atoms with Crippen molar-refractivity contribution in [3.63, 3.8) is 0 Å². The van der Waals surface area contributed by atoms with E-state index in [1.807, 2.05) is 20.8 Å². The maximum Gasteiger partial charge on any atom is 0.405 e. The number of ketones is 2. The van der Waals surface area contributed by atoms with Crippen LogP contribution in [0.2, 0.25) is 0 Å². The Morgan fingerprint density at radius 2 is 1.71 bits per heavy atom. The zero-order valence-corrected chi connectivity index (χ0v) is 26.1. The first-order valence-electron chi connectivity index (χ1n) is 14.0. The van der Waals surface area contributed by atoms with E-state index in [9.17, 15) is 24.3 Å². The van der Waals surface area contributed by atoms with Gasteiger partial charge in [0, 0.05) is 37.4 Å². The summed E-state index contributed by atoms with van der Waals surface area (Å²) in [6, 6.07) is 0. The average molecular weight is 591 g/mol. The lowest BCUT2D eigenvalue weighted by Crippen LogP contribution is -2.37. The van der Waals surface area contributed by atoms with E-state index in [-0.39, 0.29) is 34.9 Å². The number of carbonyl (C=O) groups excluding carboxylic acids is 4. The van der Waals surface area contributed by atoms with Crippen LogP contribution in [0.1, 0.15) is 54.4 Å². The summed E-state index contributed by atoms with van der Waals surface area (Å²) in [7, 11) is 4.21. The standard InChI is InChI=1S/C29H40N2O9.C2H6/c1-15-11-19-25(34)20(14-21(32)27(19)39-7)31-28(35)16(2)9-8-10-22(37-5)26(40-29(30)36)18(4)13-17(3)24(33)23(12-15)38-6;1-2/h8-10,13-15,17,22-24,26,33H,11-12H2,1-7H3,(H2,30,36)(H,31,35);1-2H3/b10-8-,16-9+,18-13+;/t15-,17+,22?,23?,24?,26?;/m1./s1. The van der Waals surface area contributed by atoms with Crippen molar-refractivity contribution in [1.29, 1.82) is 0 Å². The summed E-state index contributed by atoms with van der Waals surface area (Å²) in [4.78, 5) is 50.6. The molecule has 11 heteroatoms. The third-order valence-corrected chi connectivity index (χ3v) is 6.95. The number of ether oxygens (including phenoxy) is 4. The lowest BCUT2D eigenvalue weighted by Gasteiger charge is -2.29. The van der Waals surface area contributed by atoms with Gasteiger partial charge in [-0.25, -0.2) is 4.79 Å². The molecule has 0 aromatic carbocycles. The Kier molecular flexibility index (Phi) is 15.1. The third-order valence-electron chi connectivity index (χ3n) is 6.95. The zero-order chi connectivity index (χ0) is 32.1. The minimum Gasteiger partial charge on any atom is -0.492 e. The fourth-order valence-corrected chi connectivity index (χ4v) is 4.78. The van der Waals surface area contributed by atoms with Gasteiger partial charge in [0.05, 0.1) is 25.0 Å². The third kappa shape index (κ3) is 9.78. The first kappa shape index (κ1) is 36.5. The predicted molar refractivity (Wildman–Crippen MR) is 158 cm³/mol. The summed E-state index contributed by atoms with van der Waals surface area (Å²) < 4.78 is 21.7. The maximum absolute atomic E-state index is 13.3. The monoisotopic (exact) mass is 590 g/mol. The van der Waals surface area contributed by atoms with Gasteiger partial charge in [-0.3, -0.25) is 14.4 Å². The molecule has 0 radical (unpaired) electrons. The Bertz CT molecular complexity index is 1150. The molecule has 2 bridgehead atoms. The molecule has 4 N–H and O–H groups in total. The van der Waals surface area contributed by atoms with Crippen LogP contribution in [0.15, 0.2) is 58.6 Å². The van der Waals surface area contributed by atoms with Gasteiger partial charge in [-0.05, 0) is 38.2 Å². The number of nitrogens with one attached hydrogen (secondary N) is 1. The molecule has 1 aliphatic heterocycles. The molecule has 2 amide bonds. The minimum absolute atomic E-state index is 0.0801. The van der Waals surface area contributed by atoms with Crippen molar-refractivity contribution in [3.8, 4) is 0 Å². The molecular weight excluding hydrogens is 544 g/mol. The summed E-state index contributed by atoms with van der Waals surface area (Å²) in [5.74, 6) is -2.39. The van der Waals surface area contributed by atoms with Crippen molar-refractivity contribution >= 4 is 23.6 Å². The van der Waals surface area contributed by atoms with Crippen molar-refractivity contribution in [3.05, 3.63) is 58.6 Å². The summed E-state index contributed by atoms with van der Waals surface area (Å²) in [5.41, 5.74) is 6.12. The molecule has 42 heavy (non-hydrogen) atoms. The van der Waals surface area contributed by atoms with Crippen LogP contribution in [0.3, 0.4) is 0 Å². The lowest BCUT2D eigenvalue weighted by molar-refractivity contribution is -0.120. The quantitative estimate of drug-likeness (QED) is 0.329. The van der Waals surface area contributed by atoms with E-state index in [0.717, 1.165) is 6.08 Å². The fourth-order valence-electron chi connectivity index (χ4n) is 4.78. The smallest absolute Gasteiger partial charge is 0.405 e. The van der Waals surface area contributed by atoms with E-state index in [2.05, 4.69) is 5.32 Å². The van der Waals surface area contributed by atoms with Gasteiger partial charge in [-0.15, -0.1) is 0 Å². The van der Waals surface area contributed by atoms with Crippen LogP contribution in [-0.2, 0) is 33.3 Å². The van der Waals surface area contributed by atoms with Crippen LogP contribution in [-0.4, -0.2) is 74.4 Å². The van der Waals surface area contributed by atoms with Crippen LogP contribution >= 0.6 is 0 Å². The number of aliphatic hydroxyl groups excluding tert-OH is 1. The van der Waals surface area contributed by atoms with Gasteiger partial charge in [0.15, 0.2) is 11.9 Å². The number of amides is 2. The van der Waals surface area contributed by atoms with Gasteiger partial charge >= 0.3 is 6.09 Å². The fraction of sp³-hybridized carbons (Fsp3) is 0.548. The first-order chi connectivity index (χ1) is 19.8. The van der Waals surface area contributed by atoms with Crippen molar-refractivity contribution in [1.82, 2.24) is 5.32 Å². The average Bonchev–Trinajstić information content (AvgIpc) is 2.95. The number of Topliss-reactive ketones (excluding diaryl/α,β-unsaturated/α-hetero) is 1. The Labute approximate surface area is 248 Å². The van der Waals surface area contributed by atoms with Crippen LogP contribution in [0.25, 0.3) is 0 Å². The van der Waals surface area contributed by atoms with Crippen molar-refractivity contribution in [2.75, 3.05) is 21.3 Å². The van der Waals surface area contributed by atoms with Gasteiger partial charge in [-0.2, -0.15) is 0 Å². The van der Waals surface area contributed by atoms with Crippen molar-refractivity contribution in [2.45, 2.75) is 78.8 Å². The number of fused-ring (bicyclic) bond motifs is 2. The second-order valence-electron chi connectivity index (χ2n) is 10.1.